The molecule has 7 nitrogen and oxygen atoms in total. The SMILES string of the molecule is CN(C)C(=O)c1cccc(Nc2c(N[C@H](c3ccc(F)cc3)C3CC3)c(=O)c2=O)c1O. The van der Waals surface area contributed by atoms with Gasteiger partial charge in [-0.05, 0) is 48.6 Å². The highest BCUT2D eigenvalue weighted by atomic mass is 19.1. The van der Waals surface area contributed by atoms with Gasteiger partial charge in [0.25, 0.3) is 16.8 Å². The van der Waals surface area contributed by atoms with Crippen LogP contribution >= 0.6 is 0 Å². The number of carbonyl (C=O) groups is 1. The summed E-state index contributed by atoms with van der Waals surface area (Å²) in [5, 5.41) is 16.5. The highest BCUT2D eigenvalue weighted by Gasteiger charge is 2.35. The Labute approximate surface area is 177 Å². The summed E-state index contributed by atoms with van der Waals surface area (Å²) in [5.41, 5.74) is -0.171. The lowest BCUT2D eigenvalue weighted by atomic mass is 10.0. The number of carbonyl (C=O) groups excluding carboxylic acids is 1. The predicted molar refractivity (Wildman–Crippen MR) is 116 cm³/mol. The van der Waals surface area contributed by atoms with Crippen LogP contribution in [0, 0.1) is 11.7 Å². The van der Waals surface area contributed by atoms with Gasteiger partial charge in [-0.15, -0.1) is 0 Å². The first-order valence-corrected chi connectivity index (χ1v) is 9.94. The lowest BCUT2D eigenvalue weighted by molar-refractivity contribution is 0.0824. The van der Waals surface area contributed by atoms with E-state index in [1.54, 1.807) is 32.3 Å². The van der Waals surface area contributed by atoms with Gasteiger partial charge in [-0.2, -0.15) is 0 Å². The van der Waals surface area contributed by atoms with Gasteiger partial charge in [0.05, 0.1) is 17.3 Å². The smallest absolute Gasteiger partial charge is 0.257 e. The summed E-state index contributed by atoms with van der Waals surface area (Å²) in [7, 11) is 3.13. The number of nitrogens with zero attached hydrogens (tertiary/aromatic N) is 1. The Morgan fingerprint density at radius 1 is 1.06 bits per heavy atom. The zero-order valence-corrected chi connectivity index (χ0v) is 17.1. The lowest BCUT2D eigenvalue weighted by Crippen LogP contribution is -2.37. The van der Waals surface area contributed by atoms with E-state index >= 15 is 0 Å². The standard InChI is InChI=1S/C23H22FN3O4/c1-27(2)23(31)15-4-3-5-16(20(15)28)25-18-19(22(30)21(18)29)26-17(12-6-7-12)13-8-10-14(24)11-9-13/h3-5,8-12,17,25-26,28H,6-7H2,1-2H3/t17-/m0/s1. The number of amides is 1. The van der Waals surface area contributed by atoms with Crippen LogP contribution in [0.4, 0.5) is 21.5 Å². The molecule has 3 aromatic rings. The van der Waals surface area contributed by atoms with Crippen LogP contribution in [0.2, 0.25) is 0 Å². The molecule has 4 rings (SSSR count). The number of anilines is 3. The second-order valence-corrected chi connectivity index (χ2v) is 7.95. The summed E-state index contributed by atoms with van der Waals surface area (Å²) < 4.78 is 13.3. The third kappa shape index (κ3) is 3.88. The van der Waals surface area contributed by atoms with Crippen LogP contribution in [-0.2, 0) is 0 Å². The van der Waals surface area contributed by atoms with Crippen LogP contribution in [0.3, 0.4) is 0 Å². The first kappa shape index (κ1) is 20.6. The van der Waals surface area contributed by atoms with Gasteiger partial charge < -0.3 is 20.6 Å². The van der Waals surface area contributed by atoms with Crippen molar-refractivity contribution in [3.05, 3.63) is 79.9 Å². The number of benzene rings is 2. The number of nitrogens with one attached hydrogen (secondary N) is 2. The van der Waals surface area contributed by atoms with Crippen molar-refractivity contribution in [1.29, 1.82) is 0 Å². The van der Waals surface area contributed by atoms with Crippen LogP contribution < -0.4 is 21.5 Å². The Kier molecular flexibility index (Phi) is 5.22. The zero-order chi connectivity index (χ0) is 22.3. The topological polar surface area (TPSA) is 98.7 Å². The Morgan fingerprint density at radius 2 is 1.71 bits per heavy atom. The molecule has 1 atom stereocenters. The largest absolute Gasteiger partial charge is 0.505 e. The normalized spacial score (nSPS) is 14.3. The van der Waals surface area contributed by atoms with E-state index in [0.717, 1.165) is 18.4 Å². The predicted octanol–water partition coefficient (Wildman–Crippen LogP) is 3.14. The summed E-state index contributed by atoms with van der Waals surface area (Å²) in [6, 6.07) is 10.4. The molecule has 0 saturated heterocycles. The number of halogens is 1. The van der Waals surface area contributed by atoms with Crippen LogP contribution in [0.15, 0.2) is 52.1 Å². The molecule has 0 aromatic heterocycles. The summed E-state index contributed by atoms with van der Waals surface area (Å²) in [5.74, 6) is -0.776. The first-order valence-electron chi connectivity index (χ1n) is 9.94. The molecule has 160 valence electrons. The van der Waals surface area contributed by atoms with Crippen molar-refractivity contribution in [3.8, 4) is 5.75 Å². The Hall–Kier alpha value is -3.68. The van der Waals surface area contributed by atoms with Crippen molar-refractivity contribution >= 4 is 23.0 Å². The minimum absolute atomic E-state index is 0.0301. The minimum atomic E-state index is -0.708. The van der Waals surface area contributed by atoms with E-state index in [-0.39, 0.29) is 46.2 Å². The first-order chi connectivity index (χ1) is 14.8. The van der Waals surface area contributed by atoms with Gasteiger partial charge in [-0.3, -0.25) is 14.4 Å². The molecule has 31 heavy (non-hydrogen) atoms. The van der Waals surface area contributed by atoms with Gasteiger partial charge in [0.15, 0.2) is 5.75 Å². The van der Waals surface area contributed by atoms with Gasteiger partial charge in [-0.25, -0.2) is 4.39 Å². The molecule has 1 amide bonds. The summed E-state index contributed by atoms with van der Waals surface area (Å²) in [6.45, 7) is 0. The van der Waals surface area contributed by atoms with Crippen LogP contribution in [0.5, 0.6) is 5.75 Å². The molecule has 0 aliphatic heterocycles. The molecular formula is C23H22FN3O4. The van der Waals surface area contributed by atoms with Crippen molar-refractivity contribution in [2.45, 2.75) is 18.9 Å². The molecule has 1 saturated carbocycles. The third-order valence-corrected chi connectivity index (χ3v) is 5.47. The lowest BCUT2D eigenvalue weighted by Gasteiger charge is -2.23. The van der Waals surface area contributed by atoms with E-state index in [0.29, 0.717) is 0 Å². The Balaban J connectivity index is 1.63. The average molecular weight is 423 g/mol. The molecule has 1 aliphatic carbocycles. The quantitative estimate of drug-likeness (QED) is 0.399. The van der Waals surface area contributed by atoms with Crippen molar-refractivity contribution in [3.63, 3.8) is 0 Å². The zero-order valence-electron chi connectivity index (χ0n) is 17.1. The fourth-order valence-corrected chi connectivity index (χ4v) is 3.57. The highest BCUT2D eigenvalue weighted by Crippen LogP contribution is 2.43. The van der Waals surface area contributed by atoms with E-state index in [9.17, 15) is 23.9 Å². The molecule has 1 aliphatic rings. The maximum atomic E-state index is 13.3. The molecule has 3 aromatic carbocycles. The second-order valence-electron chi connectivity index (χ2n) is 7.95. The van der Waals surface area contributed by atoms with E-state index < -0.39 is 16.8 Å². The number of hydrogen-bond acceptors (Lipinski definition) is 6. The Morgan fingerprint density at radius 3 is 2.32 bits per heavy atom. The Bertz CT molecular complexity index is 1210. The van der Waals surface area contributed by atoms with Crippen molar-refractivity contribution in [1.82, 2.24) is 4.90 Å². The fourth-order valence-electron chi connectivity index (χ4n) is 3.57. The molecule has 1 fully saturated rings. The average Bonchev–Trinajstić information content (AvgIpc) is 3.59. The van der Waals surface area contributed by atoms with Crippen molar-refractivity contribution < 1.29 is 14.3 Å². The van der Waals surface area contributed by atoms with Gasteiger partial charge >= 0.3 is 0 Å². The summed E-state index contributed by atoms with van der Waals surface area (Å²) in [4.78, 5) is 38.1. The van der Waals surface area contributed by atoms with E-state index in [4.69, 9.17) is 0 Å². The number of aromatic hydroxyl groups is 1. The van der Waals surface area contributed by atoms with E-state index in [2.05, 4.69) is 10.6 Å². The van der Waals surface area contributed by atoms with Crippen LogP contribution in [0.25, 0.3) is 0 Å². The number of rotatable bonds is 7. The number of para-hydroxylation sites is 1. The number of phenolic OH excluding ortho intramolecular Hbond substituents is 1. The van der Waals surface area contributed by atoms with E-state index in [1.165, 1.54) is 29.2 Å². The molecule has 0 bridgehead atoms. The van der Waals surface area contributed by atoms with Crippen LogP contribution in [0.1, 0.15) is 34.8 Å². The molecular weight excluding hydrogens is 401 g/mol. The maximum Gasteiger partial charge on any atom is 0.257 e. The number of phenols is 1. The van der Waals surface area contributed by atoms with E-state index in [1.807, 2.05) is 0 Å². The van der Waals surface area contributed by atoms with Crippen molar-refractivity contribution in [2.75, 3.05) is 24.7 Å². The van der Waals surface area contributed by atoms with Gasteiger partial charge in [-0.1, -0.05) is 18.2 Å². The second kappa shape index (κ2) is 7.86. The summed E-state index contributed by atoms with van der Waals surface area (Å²) >= 11 is 0. The number of hydrogen-bond donors (Lipinski definition) is 3. The molecule has 0 heterocycles. The fraction of sp³-hybridized carbons (Fsp3) is 0.261. The third-order valence-electron chi connectivity index (χ3n) is 5.47. The monoisotopic (exact) mass is 423 g/mol. The molecule has 0 unspecified atom stereocenters. The molecule has 0 radical (unpaired) electrons. The molecule has 0 spiro atoms. The maximum absolute atomic E-state index is 13.3. The van der Waals surface area contributed by atoms with Gasteiger partial charge in [0.2, 0.25) is 0 Å². The van der Waals surface area contributed by atoms with Gasteiger partial charge in [0, 0.05) is 14.1 Å². The van der Waals surface area contributed by atoms with Gasteiger partial charge in [0.1, 0.15) is 17.2 Å². The van der Waals surface area contributed by atoms with Crippen molar-refractivity contribution in [2.24, 2.45) is 5.92 Å². The molecule has 8 heteroatoms. The summed E-state index contributed by atoms with van der Waals surface area (Å²) in [6.07, 6.45) is 1.92. The molecule has 3 N–H and O–H groups in total. The highest BCUT2D eigenvalue weighted by molar-refractivity contribution is 5.99. The minimum Gasteiger partial charge on any atom is -0.505 e. The van der Waals surface area contributed by atoms with Crippen LogP contribution in [-0.4, -0.2) is 30.0 Å².